The standard InChI is InChI=1S/C18H29NO2.C10H14O.C10H14/c1-6-14(2)15-9-11-16(12-10-15)19-13-7-8-17(20)21-18(3,4)5;1-3-8(2)9-4-6-10(11)7-5-9;1-3-9(2)10-7-5-4-6-8-10/h9-12,14,19H,6-8,13H2,1-5H3;4-8,11H,3H2,1-2H3;4-9H,3H2,1-2H3. The van der Waals surface area contributed by atoms with Gasteiger partial charge < -0.3 is 15.2 Å². The third-order valence-electron chi connectivity index (χ3n) is 7.45. The average Bonchev–Trinajstić information content (AvgIpc) is 2.99. The lowest BCUT2D eigenvalue weighted by Crippen LogP contribution is -2.24. The van der Waals surface area contributed by atoms with E-state index in [9.17, 15) is 4.79 Å². The van der Waals surface area contributed by atoms with Gasteiger partial charge in [-0.1, -0.05) is 96.1 Å². The minimum absolute atomic E-state index is 0.128. The molecular weight excluding hydrogens is 518 g/mol. The summed E-state index contributed by atoms with van der Waals surface area (Å²) in [5.41, 5.74) is 4.83. The fourth-order valence-electron chi connectivity index (χ4n) is 4.08. The molecule has 0 radical (unpaired) electrons. The third-order valence-corrected chi connectivity index (χ3v) is 7.45. The summed E-state index contributed by atoms with van der Waals surface area (Å²) in [7, 11) is 0. The zero-order valence-corrected chi connectivity index (χ0v) is 27.7. The van der Waals surface area contributed by atoms with Crippen LogP contribution in [0.5, 0.6) is 5.75 Å². The first-order valence-corrected chi connectivity index (χ1v) is 15.8. The first-order valence-electron chi connectivity index (χ1n) is 15.8. The van der Waals surface area contributed by atoms with E-state index in [-0.39, 0.29) is 5.97 Å². The van der Waals surface area contributed by atoms with Gasteiger partial charge in [0.1, 0.15) is 11.4 Å². The molecule has 4 nitrogen and oxygen atoms in total. The molecule has 4 heteroatoms. The highest BCUT2D eigenvalue weighted by molar-refractivity contribution is 5.69. The molecule has 2 N–H and O–H groups in total. The molecular formula is C38H57NO3. The second-order valence-electron chi connectivity index (χ2n) is 12.2. The van der Waals surface area contributed by atoms with Gasteiger partial charge in [0.2, 0.25) is 0 Å². The number of anilines is 1. The predicted molar refractivity (Wildman–Crippen MR) is 181 cm³/mol. The van der Waals surface area contributed by atoms with Crippen molar-refractivity contribution in [3.8, 4) is 5.75 Å². The first kappa shape index (κ1) is 36.8. The van der Waals surface area contributed by atoms with E-state index in [2.05, 4.69) is 101 Å². The van der Waals surface area contributed by atoms with Gasteiger partial charge in [-0.05, 0) is 105 Å². The normalized spacial score (nSPS) is 12.9. The summed E-state index contributed by atoms with van der Waals surface area (Å²) in [6, 6.07) is 26.6. The number of hydrogen-bond acceptors (Lipinski definition) is 4. The number of benzene rings is 3. The number of hydrogen-bond donors (Lipinski definition) is 2. The molecule has 3 unspecified atom stereocenters. The van der Waals surface area contributed by atoms with Crippen molar-refractivity contribution in [2.24, 2.45) is 0 Å². The van der Waals surface area contributed by atoms with Gasteiger partial charge in [0, 0.05) is 18.7 Å². The second kappa shape index (κ2) is 19.8. The van der Waals surface area contributed by atoms with Crippen molar-refractivity contribution >= 4 is 11.7 Å². The molecule has 0 aliphatic carbocycles. The molecule has 0 saturated heterocycles. The SMILES string of the molecule is CCC(C)c1ccc(NCCCC(=O)OC(C)(C)C)cc1.CCC(C)c1ccc(O)cc1.CCC(C)c1ccccc1. The number of carbonyl (C=O) groups is 1. The van der Waals surface area contributed by atoms with Gasteiger partial charge in [0.05, 0.1) is 0 Å². The summed E-state index contributed by atoms with van der Waals surface area (Å²) in [6.07, 6.45) is 4.76. The Hall–Kier alpha value is -3.27. The van der Waals surface area contributed by atoms with Crippen LogP contribution in [0.4, 0.5) is 5.69 Å². The molecule has 3 atom stereocenters. The lowest BCUT2D eigenvalue weighted by atomic mass is 9.99. The number of nitrogens with one attached hydrogen (secondary N) is 1. The van der Waals surface area contributed by atoms with E-state index >= 15 is 0 Å². The van der Waals surface area contributed by atoms with E-state index in [1.54, 1.807) is 12.1 Å². The minimum atomic E-state index is -0.393. The molecule has 0 aliphatic rings. The van der Waals surface area contributed by atoms with Gasteiger partial charge in [-0.2, -0.15) is 0 Å². The van der Waals surface area contributed by atoms with Crippen LogP contribution in [0.15, 0.2) is 78.9 Å². The molecule has 0 fully saturated rings. The third kappa shape index (κ3) is 15.7. The monoisotopic (exact) mass is 575 g/mol. The maximum absolute atomic E-state index is 11.6. The van der Waals surface area contributed by atoms with Gasteiger partial charge in [0.25, 0.3) is 0 Å². The predicted octanol–water partition coefficient (Wildman–Crippen LogP) is 10.8. The van der Waals surface area contributed by atoms with Gasteiger partial charge in [-0.25, -0.2) is 0 Å². The van der Waals surface area contributed by atoms with Crippen molar-refractivity contribution in [1.82, 2.24) is 0 Å². The van der Waals surface area contributed by atoms with Crippen LogP contribution in [-0.4, -0.2) is 23.2 Å². The molecule has 0 amide bonds. The smallest absolute Gasteiger partial charge is 0.306 e. The summed E-state index contributed by atoms with van der Waals surface area (Å²) >= 11 is 0. The molecule has 0 spiro atoms. The topological polar surface area (TPSA) is 58.6 Å². The van der Waals surface area contributed by atoms with Crippen molar-refractivity contribution in [3.63, 3.8) is 0 Å². The lowest BCUT2D eigenvalue weighted by molar-refractivity contribution is -0.154. The molecule has 0 heterocycles. The van der Waals surface area contributed by atoms with Gasteiger partial charge in [-0.15, -0.1) is 0 Å². The largest absolute Gasteiger partial charge is 0.508 e. The fraction of sp³-hybridized carbons (Fsp3) is 0.500. The molecule has 3 aromatic carbocycles. The highest BCUT2D eigenvalue weighted by atomic mass is 16.6. The Morgan fingerprint density at radius 1 is 0.714 bits per heavy atom. The van der Waals surface area contributed by atoms with E-state index < -0.39 is 5.60 Å². The van der Waals surface area contributed by atoms with Crippen LogP contribution >= 0.6 is 0 Å². The van der Waals surface area contributed by atoms with Gasteiger partial charge in [-0.3, -0.25) is 4.79 Å². The van der Waals surface area contributed by atoms with Crippen molar-refractivity contribution in [2.45, 2.75) is 118 Å². The molecule has 42 heavy (non-hydrogen) atoms. The Bertz CT molecular complexity index is 1100. The zero-order chi connectivity index (χ0) is 31.5. The van der Waals surface area contributed by atoms with Crippen LogP contribution < -0.4 is 5.32 Å². The van der Waals surface area contributed by atoms with Crippen molar-refractivity contribution in [2.75, 3.05) is 11.9 Å². The van der Waals surface area contributed by atoms with Crippen molar-refractivity contribution in [3.05, 3.63) is 95.6 Å². The second-order valence-corrected chi connectivity index (χ2v) is 12.2. The van der Waals surface area contributed by atoms with Gasteiger partial charge >= 0.3 is 5.97 Å². The molecule has 3 aromatic rings. The van der Waals surface area contributed by atoms with Crippen LogP contribution in [0, 0.1) is 0 Å². The highest BCUT2D eigenvalue weighted by Crippen LogP contribution is 2.21. The number of phenols is 1. The van der Waals surface area contributed by atoms with Crippen molar-refractivity contribution < 1.29 is 14.6 Å². The Morgan fingerprint density at radius 3 is 1.57 bits per heavy atom. The van der Waals surface area contributed by atoms with Crippen LogP contribution in [0.3, 0.4) is 0 Å². The molecule has 0 saturated carbocycles. The zero-order valence-electron chi connectivity index (χ0n) is 27.7. The van der Waals surface area contributed by atoms with E-state index in [4.69, 9.17) is 9.84 Å². The van der Waals surface area contributed by atoms with E-state index in [1.165, 1.54) is 23.1 Å². The maximum Gasteiger partial charge on any atom is 0.306 e. The highest BCUT2D eigenvalue weighted by Gasteiger charge is 2.15. The lowest BCUT2D eigenvalue weighted by Gasteiger charge is -2.19. The van der Waals surface area contributed by atoms with Crippen LogP contribution in [0.1, 0.15) is 129 Å². The van der Waals surface area contributed by atoms with E-state index in [1.807, 2.05) is 32.9 Å². The summed E-state index contributed by atoms with van der Waals surface area (Å²) in [4.78, 5) is 11.6. The summed E-state index contributed by atoms with van der Waals surface area (Å²) in [6.45, 7) is 19.7. The number of aromatic hydroxyl groups is 1. The number of ether oxygens (including phenoxy) is 1. The van der Waals surface area contributed by atoms with E-state index in [0.29, 0.717) is 29.9 Å². The molecule has 0 aromatic heterocycles. The Morgan fingerprint density at radius 2 is 1.14 bits per heavy atom. The number of esters is 1. The minimum Gasteiger partial charge on any atom is -0.508 e. The van der Waals surface area contributed by atoms with Crippen LogP contribution in [-0.2, 0) is 9.53 Å². The Kier molecular flexibility index (Phi) is 17.3. The molecule has 232 valence electrons. The first-order chi connectivity index (χ1) is 19.9. The van der Waals surface area contributed by atoms with Crippen LogP contribution in [0.2, 0.25) is 0 Å². The number of rotatable bonds is 11. The maximum atomic E-state index is 11.6. The van der Waals surface area contributed by atoms with E-state index in [0.717, 1.165) is 31.5 Å². The quantitative estimate of drug-likeness (QED) is 0.176. The molecule has 0 bridgehead atoms. The van der Waals surface area contributed by atoms with Crippen LogP contribution in [0.25, 0.3) is 0 Å². The molecule has 3 rings (SSSR count). The summed E-state index contributed by atoms with van der Waals surface area (Å²) in [5, 5.41) is 12.4. The number of carbonyl (C=O) groups excluding carboxylic acids is 1. The molecule has 0 aliphatic heterocycles. The fourth-order valence-corrected chi connectivity index (χ4v) is 4.08. The Balaban J connectivity index is 0.000000350. The summed E-state index contributed by atoms with van der Waals surface area (Å²) in [5.74, 6) is 2.12. The average molecular weight is 576 g/mol. The van der Waals surface area contributed by atoms with Gasteiger partial charge in [0.15, 0.2) is 0 Å². The van der Waals surface area contributed by atoms with Crippen molar-refractivity contribution in [1.29, 1.82) is 0 Å². The summed E-state index contributed by atoms with van der Waals surface area (Å²) < 4.78 is 5.28. The number of phenolic OH excluding ortho intramolecular Hbond substituents is 1. The Labute approximate surface area is 256 Å².